The minimum atomic E-state index is -0.0253. The Balaban J connectivity index is 1.47. The highest BCUT2D eigenvalue weighted by molar-refractivity contribution is 7.99. The minimum absolute atomic E-state index is 0.0253. The standard InChI is InChI=1S/C21H23N5O2S/c27-19(23-13-18-9-5-11-28-18)15-29-21-25-24-20(17-8-4-10-22-12-17)26(21)14-16-6-2-1-3-7-16/h1-4,6-8,10,12,18H,5,9,11,13-15H2,(H,23,27). The highest BCUT2D eigenvalue weighted by atomic mass is 32.2. The van der Waals surface area contributed by atoms with E-state index >= 15 is 0 Å². The van der Waals surface area contributed by atoms with Gasteiger partial charge in [0.05, 0.1) is 18.4 Å². The third-order valence-corrected chi connectivity index (χ3v) is 5.67. The van der Waals surface area contributed by atoms with Gasteiger partial charge in [0.2, 0.25) is 5.91 Å². The van der Waals surface area contributed by atoms with E-state index in [1.165, 1.54) is 11.8 Å². The molecule has 1 unspecified atom stereocenters. The summed E-state index contributed by atoms with van der Waals surface area (Å²) in [6, 6.07) is 14.0. The van der Waals surface area contributed by atoms with Gasteiger partial charge in [0.1, 0.15) is 0 Å². The van der Waals surface area contributed by atoms with Crippen LogP contribution < -0.4 is 5.32 Å². The molecule has 1 amide bonds. The number of aromatic nitrogens is 4. The summed E-state index contributed by atoms with van der Waals surface area (Å²) >= 11 is 1.39. The van der Waals surface area contributed by atoms with Crippen molar-refractivity contribution < 1.29 is 9.53 Å². The zero-order valence-corrected chi connectivity index (χ0v) is 16.8. The first-order valence-corrected chi connectivity index (χ1v) is 10.7. The molecule has 1 aliphatic rings. The molecule has 0 spiro atoms. The van der Waals surface area contributed by atoms with Gasteiger partial charge in [-0.05, 0) is 30.5 Å². The van der Waals surface area contributed by atoms with Gasteiger partial charge in [-0.2, -0.15) is 0 Å². The molecule has 150 valence electrons. The number of nitrogens with one attached hydrogen (secondary N) is 1. The second kappa shape index (κ2) is 9.67. The Kier molecular flexibility index (Phi) is 6.53. The number of amides is 1. The molecule has 8 heteroatoms. The third kappa shape index (κ3) is 5.21. The summed E-state index contributed by atoms with van der Waals surface area (Å²) in [6.07, 6.45) is 5.72. The van der Waals surface area contributed by atoms with E-state index in [4.69, 9.17) is 4.74 Å². The van der Waals surface area contributed by atoms with Gasteiger partial charge in [-0.3, -0.25) is 14.3 Å². The molecule has 2 aromatic heterocycles. The monoisotopic (exact) mass is 409 g/mol. The van der Waals surface area contributed by atoms with Crippen LogP contribution >= 0.6 is 11.8 Å². The van der Waals surface area contributed by atoms with Crippen molar-refractivity contribution in [3.8, 4) is 11.4 Å². The lowest BCUT2D eigenvalue weighted by Gasteiger charge is -2.12. The van der Waals surface area contributed by atoms with Gasteiger partial charge in [0, 0.05) is 31.1 Å². The highest BCUT2D eigenvalue weighted by Gasteiger charge is 2.18. The first-order valence-electron chi connectivity index (χ1n) is 9.68. The second-order valence-electron chi connectivity index (χ2n) is 6.85. The molecule has 7 nitrogen and oxygen atoms in total. The maximum atomic E-state index is 12.3. The third-order valence-electron chi connectivity index (χ3n) is 4.70. The van der Waals surface area contributed by atoms with Gasteiger partial charge in [-0.15, -0.1) is 10.2 Å². The number of pyridine rings is 1. The summed E-state index contributed by atoms with van der Waals surface area (Å²) < 4.78 is 7.58. The Morgan fingerprint density at radius 2 is 2.10 bits per heavy atom. The molecule has 1 saturated heterocycles. The van der Waals surface area contributed by atoms with E-state index in [0.29, 0.717) is 18.2 Å². The Morgan fingerprint density at radius 1 is 1.21 bits per heavy atom. The summed E-state index contributed by atoms with van der Waals surface area (Å²) in [4.78, 5) is 16.5. The van der Waals surface area contributed by atoms with Crippen molar-refractivity contribution in [2.75, 3.05) is 18.9 Å². The van der Waals surface area contributed by atoms with E-state index in [1.807, 2.05) is 34.9 Å². The van der Waals surface area contributed by atoms with Crippen molar-refractivity contribution in [1.29, 1.82) is 0 Å². The average molecular weight is 410 g/mol. The van der Waals surface area contributed by atoms with E-state index < -0.39 is 0 Å². The molecule has 4 rings (SSSR count). The molecule has 0 saturated carbocycles. The molecule has 3 aromatic rings. The molecule has 0 bridgehead atoms. The maximum Gasteiger partial charge on any atom is 0.230 e. The van der Waals surface area contributed by atoms with Crippen LogP contribution in [0.25, 0.3) is 11.4 Å². The van der Waals surface area contributed by atoms with Gasteiger partial charge in [0.25, 0.3) is 0 Å². The number of carbonyl (C=O) groups is 1. The van der Waals surface area contributed by atoms with E-state index in [2.05, 4.69) is 32.6 Å². The Labute approximate surface area is 173 Å². The minimum Gasteiger partial charge on any atom is -0.376 e. The van der Waals surface area contributed by atoms with Crippen molar-refractivity contribution in [2.24, 2.45) is 0 Å². The van der Waals surface area contributed by atoms with Gasteiger partial charge in [-0.25, -0.2) is 0 Å². The summed E-state index contributed by atoms with van der Waals surface area (Å²) in [7, 11) is 0. The summed E-state index contributed by atoms with van der Waals surface area (Å²) in [5.41, 5.74) is 2.03. The van der Waals surface area contributed by atoms with Crippen LogP contribution in [0.5, 0.6) is 0 Å². The number of thioether (sulfide) groups is 1. The summed E-state index contributed by atoms with van der Waals surface area (Å²) in [5.74, 6) is 0.999. The van der Waals surface area contributed by atoms with Crippen LogP contribution in [0, 0.1) is 0 Å². The van der Waals surface area contributed by atoms with Crippen molar-refractivity contribution in [2.45, 2.75) is 30.6 Å². The number of ether oxygens (including phenoxy) is 1. The molecule has 0 radical (unpaired) electrons. The topological polar surface area (TPSA) is 81.9 Å². The van der Waals surface area contributed by atoms with Crippen molar-refractivity contribution in [3.05, 3.63) is 60.4 Å². The Morgan fingerprint density at radius 3 is 2.86 bits per heavy atom. The SMILES string of the molecule is O=C(CSc1nnc(-c2cccnc2)n1Cc1ccccc1)NCC1CCCO1. The van der Waals surface area contributed by atoms with Gasteiger partial charge >= 0.3 is 0 Å². The first kappa shape index (κ1) is 19.6. The van der Waals surface area contributed by atoms with Crippen LogP contribution in [0.4, 0.5) is 0 Å². The molecule has 29 heavy (non-hydrogen) atoms. The Hall–Kier alpha value is -2.71. The summed E-state index contributed by atoms with van der Waals surface area (Å²) in [5, 5.41) is 12.4. The predicted octanol–water partition coefficient (Wildman–Crippen LogP) is 2.78. The quantitative estimate of drug-likeness (QED) is 0.576. The molecular formula is C21H23N5O2S. The zero-order valence-electron chi connectivity index (χ0n) is 16.0. The molecule has 1 N–H and O–H groups in total. The maximum absolute atomic E-state index is 12.3. The molecular weight excluding hydrogens is 386 g/mol. The van der Waals surface area contributed by atoms with Gasteiger partial charge in [0.15, 0.2) is 11.0 Å². The number of nitrogens with zero attached hydrogens (tertiary/aromatic N) is 4. The van der Waals surface area contributed by atoms with Crippen LogP contribution in [0.15, 0.2) is 60.0 Å². The van der Waals surface area contributed by atoms with Gasteiger partial charge < -0.3 is 10.1 Å². The molecule has 1 fully saturated rings. The Bertz CT molecular complexity index is 927. The normalized spacial score (nSPS) is 16.1. The van der Waals surface area contributed by atoms with E-state index in [9.17, 15) is 4.79 Å². The highest BCUT2D eigenvalue weighted by Crippen LogP contribution is 2.24. The lowest BCUT2D eigenvalue weighted by Crippen LogP contribution is -2.32. The molecule has 1 aliphatic heterocycles. The van der Waals surface area contributed by atoms with E-state index in [0.717, 1.165) is 36.4 Å². The van der Waals surface area contributed by atoms with Crippen molar-refractivity contribution in [3.63, 3.8) is 0 Å². The smallest absolute Gasteiger partial charge is 0.230 e. The van der Waals surface area contributed by atoms with Crippen molar-refractivity contribution >= 4 is 17.7 Å². The zero-order chi connectivity index (χ0) is 19.9. The molecule has 3 heterocycles. The second-order valence-corrected chi connectivity index (χ2v) is 7.79. The molecule has 1 atom stereocenters. The molecule has 0 aliphatic carbocycles. The number of benzene rings is 1. The van der Waals surface area contributed by atoms with Gasteiger partial charge in [-0.1, -0.05) is 42.1 Å². The first-order chi connectivity index (χ1) is 14.3. The number of rotatable bonds is 8. The van der Waals surface area contributed by atoms with Crippen LogP contribution in [-0.4, -0.2) is 50.7 Å². The fourth-order valence-electron chi connectivity index (χ4n) is 3.23. The van der Waals surface area contributed by atoms with Crippen molar-refractivity contribution in [1.82, 2.24) is 25.1 Å². The fraction of sp³-hybridized carbons (Fsp3) is 0.333. The van der Waals surface area contributed by atoms with Crippen LogP contribution in [0.2, 0.25) is 0 Å². The van der Waals surface area contributed by atoms with E-state index in [-0.39, 0.29) is 17.8 Å². The summed E-state index contributed by atoms with van der Waals surface area (Å²) in [6.45, 7) is 1.98. The lowest BCUT2D eigenvalue weighted by molar-refractivity contribution is -0.119. The largest absolute Gasteiger partial charge is 0.376 e. The average Bonchev–Trinajstić information content (AvgIpc) is 3.42. The van der Waals surface area contributed by atoms with Crippen LogP contribution in [-0.2, 0) is 16.1 Å². The van der Waals surface area contributed by atoms with Crippen LogP contribution in [0.1, 0.15) is 18.4 Å². The van der Waals surface area contributed by atoms with E-state index in [1.54, 1.807) is 12.4 Å². The number of hydrogen-bond acceptors (Lipinski definition) is 6. The number of hydrogen-bond donors (Lipinski definition) is 1. The lowest BCUT2D eigenvalue weighted by atomic mass is 10.2. The number of carbonyl (C=O) groups excluding carboxylic acids is 1. The predicted molar refractivity (Wildman–Crippen MR) is 112 cm³/mol. The van der Waals surface area contributed by atoms with Crippen LogP contribution in [0.3, 0.4) is 0 Å². The molecule has 1 aromatic carbocycles. The fourth-order valence-corrected chi connectivity index (χ4v) is 3.99.